The second-order valence-electron chi connectivity index (χ2n) is 10.3. The van der Waals surface area contributed by atoms with E-state index in [1.54, 1.807) is 9.80 Å². The van der Waals surface area contributed by atoms with Crippen molar-refractivity contribution >= 4 is 35.4 Å². The van der Waals surface area contributed by atoms with Crippen molar-refractivity contribution < 1.29 is 56.2 Å². The van der Waals surface area contributed by atoms with Gasteiger partial charge in [0.2, 0.25) is 11.7 Å². The van der Waals surface area contributed by atoms with E-state index in [0.29, 0.717) is 6.26 Å². The number of phosphoric acid groups is 1. The maximum Gasteiger partial charge on any atom is 0.278 e. The fourth-order valence-electron chi connectivity index (χ4n) is 4.73. The Kier molecular flexibility index (Phi) is 15.6. The van der Waals surface area contributed by atoms with Crippen LogP contribution in [0.25, 0.3) is 0 Å². The molecule has 1 fully saturated rings. The molecule has 2 aliphatic rings. The first-order valence-electron chi connectivity index (χ1n) is 14.5. The van der Waals surface area contributed by atoms with E-state index in [1.165, 1.54) is 51.2 Å². The molecule has 258 valence electrons. The summed E-state index contributed by atoms with van der Waals surface area (Å²) in [6.07, 6.45) is -5.10. The molecule has 0 spiro atoms. The van der Waals surface area contributed by atoms with Gasteiger partial charge in [-0.1, -0.05) is 0 Å². The van der Waals surface area contributed by atoms with Crippen LogP contribution in [0.3, 0.4) is 0 Å². The first-order chi connectivity index (χ1) is 20.3. The van der Waals surface area contributed by atoms with E-state index < -0.39 is 54.3 Å². The Hall–Kier alpha value is -1.90. The lowest BCUT2D eigenvalue weighted by Gasteiger charge is -2.33. The minimum absolute atomic E-state index is 0.0379. The molecule has 0 saturated carbocycles. The Labute approximate surface area is 259 Å². The molecule has 0 aromatic carbocycles. The van der Waals surface area contributed by atoms with E-state index >= 15 is 0 Å². The van der Waals surface area contributed by atoms with Gasteiger partial charge in [-0.3, -0.25) is 9.78 Å². The number of aromatic amines is 1. The first kappa shape index (κ1) is 40.1. The van der Waals surface area contributed by atoms with Crippen molar-refractivity contribution in [1.29, 1.82) is 0 Å². The standard InChI is InChI=1S/C12H20N5O11PS.2C6H15N/c1-16-4-17(8-6(16)9(19)15-11(13)14-8)10-7(18)12(20,28-30(2,24)25)5(27-10)3-26-29(21,22)23;2*1-4-7(5-2)6-3/h5,7,10,18,20H,3-4H2,1-2H3,(H2,21,22,23)(H3,13,14,15,19);2*4-6H2,1-3H3/t5-,7+,10-,12+;;/m1../s1. The van der Waals surface area contributed by atoms with Crippen molar-refractivity contribution in [2.45, 2.75) is 65.8 Å². The summed E-state index contributed by atoms with van der Waals surface area (Å²) in [5.41, 5.74) is 4.97. The molecule has 0 radical (unpaired) electrons. The minimum atomic E-state index is -5.54. The number of nitrogens with zero attached hydrogens (tertiary/aromatic N) is 3. The predicted octanol–water partition coefficient (Wildman–Crippen LogP) is -4.98. The largest absolute Gasteiger partial charge is 0.790 e. The van der Waals surface area contributed by atoms with Gasteiger partial charge in [-0.2, -0.15) is 13.4 Å². The molecule has 20 heteroatoms. The Morgan fingerprint density at radius 3 is 1.98 bits per heavy atom. The van der Waals surface area contributed by atoms with Crippen molar-refractivity contribution in [3.05, 3.63) is 10.4 Å². The zero-order valence-electron chi connectivity index (χ0n) is 26.7. The highest BCUT2D eigenvalue weighted by atomic mass is 32.2. The number of nitrogens with one attached hydrogen (secondary N) is 3. The Morgan fingerprint density at radius 1 is 1.11 bits per heavy atom. The number of aliphatic hydroxyl groups is 2. The maximum absolute atomic E-state index is 12.2. The van der Waals surface area contributed by atoms with Gasteiger partial charge >= 0.3 is 0 Å². The third-order valence-corrected chi connectivity index (χ3v) is 8.38. The lowest BCUT2D eigenvalue weighted by Crippen LogP contribution is -3.11. The van der Waals surface area contributed by atoms with Crippen molar-refractivity contribution in [2.24, 2.45) is 0 Å². The van der Waals surface area contributed by atoms with Crippen LogP contribution in [-0.4, -0.2) is 119 Å². The van der Waals surface area contributed by atoms with Crippen LogP contribution in [0.4, 0.5) is 17.5 Å². The molecule has 4 atom stereocenters. The first-order valence-corrected chi connectivity index (χ1v) is 17.8. The summed E-state index contributed by atoms with van der Waals surface area (Å²) in [6.45, 7) is 19.7. The molecule has 0 amide bonds. The predicted molar refractivity (Wildman–Crippen MR) is 159 cm³/mol. The Balaban J connectivity index is 0.000000574. The molecule has 0 aliphatic carbocycles. The highest BCUT2D eigenvalue weighted by Crippen LogP contribution is 2.41. The smallest absolute Gasteiger partial charge is 0.278 e. The molecular weight excluding hydrogens is 625 g/mol. The number of anilines is 3. The molecule has 1 aromatic rings. The van der Waals surface area contributed by atoms with Crippen LogP contribution < -0.4 is 40.7 Å². The average Bonchev–Trinajstić information content (AvgIpc) is 3.36. The Bertz CT molecular complexity index is 1220. The quantitative estimate of drug-likeness (QED) is 0.0689. The number of rotatable bonds is 12. The zero-order valence-corrected chi connectivity index (χ0v) is 28.4. The van der Waals surface area contributed by atoms with E-state index in [2.05, 4.69) is 60.2 Å². The number of hydrogen-bond donors (Lipinski definition) is 6. The normalized spacial score (nSPS) is 23.4. The van der Waals surface area contributed by atoms with E-state index in [-0.39, 0.29) is 24.1 Å². The van der Waals surface area contributed by atoms with Crippen LogP contribution in [0.2, 0.25) is 0 Å². The van der Waals surface area contributed by atoms with E-state index in [0.717, 1.165) is 4.90 Å². The van der Waals surface area contributed by atoms with Gasteiger partial charge < -0.3 is 59.2 Å². The number of ether oxygens (including phenoxy) is 1. The van der Waals surface area contributed by atoms with E-state index in [9.17, 15) is 37.8 Å². The van der Waals surface area contributed by atoms with Gasteiger partial charge in [0.05, 0.1) is 66.6 Å². The van der Waals surface area contributed by atoms with Gasteiger partial charge in [-0.05, 0) is 41.5 Å². The van der Waals surface area contributed by atoms with Crippen molar-refractivity contribution in [2.75, 3.05) is 81.4 Å². The molecule has 1 aromatic heterocycles. The van der Waals surface area contributed by atoms with Crippen LogP contribution in [0.1, 0.15) is 41.5 Å². The second-order valence-corrected chi connectivity index (χ2v) is 13.0. The molecule has 2 aliphatic heterocycles. The summed E-state index contributed by atoms with van der Waals surface area (Å²) in [4.78, 5) is 45.9. The van der Waals surface area contributed by atoms with Crippen molar-refractivity contribution in [1.82, 2.24) is 9.97 Å². The van der Waals surface area contributed by atoms with Crippen LogP contribution in [0.5, 0.6) is 0 Å². The SMILES string of the molecule is CC[NH+](CC)CC.CC[NH+](CC)CC.CN1CN([C@@H]2O[C@H](COP(=O)([O-])[O-])[C@](O)(OS(C)(=O)=O)[C@H]2O)c2nc(N)[nH]c(=O)c21. The van der Waals surface area contributed by atoms with Crippen LogP contribution in [0.15, 0.2) is 4.79 Å². The summed E-state index contributed by atoms with van der Waals surface area (Å²) >= 11 is 0. The highest BCUT2D eigenvalue weighted by molar-refractivity contribution is 7.86. The fraction of sp³-hybridized carbons (Fsp3) is 0.833. The third kappa shape index (κ3) is 11.2. The van der Waals surface area contributed by atoms with Crippen molar-refractivity contribution in [3.8, 4) is 0 Å². The number of H-pyrrole nitrogens is 1. The number of phosphoric ester groups is 1. The maximum atomic E-state index is 12.2. The zero-order chi connectivity index (χ0) is 34.0. The van der Waals surface area contributed by atoms with Gasteiger partial charge in [0.25, 0.3) is 15.7 Å². The lowest BCUT2D eigenvalue weighted by molar-refractivity contribution is -0.894. The highest BCUT2D eigenvalue weighted by Gasteiger charge is 2.61. The number of quaternary nitrogens is 2. The summed E-state index contributed by atoms with van der Waals surface area (Å²) < 4.78 is 48.0. The number of aliphatic hydroxyl groups excluding tert-OH is 1. The van der Waals surface area contributed by atoms with Gasteiger partial charge in [0, 0.05) is 7.05 Å². The molecule has 3 rings (SSSR count). The molecule has 3 heterocycles. The monoisotopic (exact) mass is 675 g/mol. The third-order valence-electron chi connectivity index (χ3n) is 7.35. The van der Waals surface area contributed by atoms with Gasteiger partial charge in [-0.25, -0.2) is 4.18 Å². The van der Waals surface area contributed by atoms with E-state index in [1.807, 2.05) is 0 Å². The molecule has 1 saturated heterocycles. The van der Waals surface area contributed by atoms with Crippen LogP contribution in [0, 0.1) is 0 Å². The minimum Gasteiger partial charge on any atom is -0.790 e. The number of fused-ring (bicyclic) bond motifs is 1. The summed E-state index contributed by atoms with van der Waals surface area (Å²) in [7, 11) is -8.45. The number of aromatic nitrogens is 2. The fourth-order valence-corrected chi connectivity index (χ4v) is 5.73. The molecule has 18 nitrogen and oxygen atoms in total. The summed E-state index contributed by atoms with van der Waals surface area (Å²) in [6, 6.07) is 0. The number of nitrogens with two attached hydrogens (primary N) is 1. The van der Waals surface area contributed by atoms with Crippen molar-refractivity contribution in [3.63, 3.8) is 0 Å². The second kappa shape index (κ2) is 17.1. The molecule has 0 unspecified atom stereocenters. The van der Waals surface area contributed by atoms with Crippen LogP contribution >= 0.6 is 7.82 Å². The van der Waals surface area contributed by atoms with E-state index in [4.69, 9.17) is 10.5 Å². The lowest BCUT2D eigenvalue weighted by atomic mass is 10.1. The molecular formula is C24H50N7O11PS. The molecule has 0 bridgehead atoms. The van der Waals surface area contributed by atoms with Gasteiger partial charge in [0.15, 0.2) is 18.1 Å². The average molecular weight is 676 g/mol. The summed E-state index contributed by atoms with van der Waals surface area (Å²) in [5.74, 6) is -3.36. The summed E-state index contributed by atoms with van der Waals surface area (Å²) in [5, 5.41) is 21.3. The Morgan fingerprint density at radius 2 is 1.59 bits per heavy atom. The van der Waals surface area contributed by atoms with Gasteiger partial charge in [-0.15, -0.1) is 0 Å². The molecule has 7 N–H and O–H groups in total. The topological polar surface area (TPSA) is 253 Å². The number of hydrogen-bond acceptors (Lipinski definition) is 15. The number of nitrogen functional groups attached to an aromatic ring is 1. The molecule has 44 heavy (non-hydrogen) atoms. The van der Waals surface area contributed by atoms with Gasteiger partial charge in [0.1, 0.15) is 11.8 Å². The van der Waals surface area contributed by atoms with Crippen LogP contribution in [-0.2, 0) is 28.1 Å².